The van der Waals surface area contributed by atoms with E-state index in [1.165, 1.54) is 30.2 Å². The zero-order valence-corrected chi connectivity index (χ0v) is 12.3. The molecule has 2 aromatic rings. The van der Waals surface area contributed by atoms with Crippen LogP contribution in [0.4, 0.5) is 0 Å². The largest absolute Gasteiger partial charge is 0.494 e. The third-order valence-corrected chi connectivity index (χ3v) is 3.61. The van der Waals surface area contributed by atoms with Gasteiger partial charge in [-0.3, -0.25) is 0 Å². The van der Waals surface area contributed by atoms with E-state index in [0.717, 1.165) is 37.1 Å². The van der Waals surface area contributed by atoms with Crippen molar-refractivity contribution in [2.45, 2.75) is 45.4 Å². The average Bonchev–Trinajstić information content (AvgIpc) is 2.87. The van der Waals surface area contributed by atoms with Crippen LogP contribution in [0.2, 0.25) is 0 Å². The molecule has 0 unspecified atom stereocenters. The van der Waals surface area contributed by atoms with Gasteiger partial charge in [0.2, 0.25) is 0 Å². The molecule has 0 spiro atoms. The van der Waals surface area contributed by atoms with Crippen molar-refractivity contribution < 1.29 is 9.84 Å². The average molecular weight is 275 g/mol. The minimum Gasteiger partial charge on any atom is -0.494 e. The smallest absolute Gasteiger partial charge is 0.120 e. The fourth-order valence-electron chi connectivity index (χ4n) is 2.44. The van der Waals surface area contributed by atoms with E-state index in [4.69, 9.17) is 9.84 Å². The van der Waals surface area contributed by atoms with E-state index < -0.39 is 0 Å². The molecule has 3 heteroatoms. The highest BCUT2D eigenvalue weighted by molar-refractivity contribution is 5.84. The molecule has 0 aliphatic rings. The molecule has 0 bridgehead atoms. The number of H-pyrrole nitrogens is 1. The van der Waals surface area contributed by atoms with E-state index in [0.29, 0.717) is 0 Å². The molecule has 0 fully saturated rings. The number of aromatic nitrogens is 1. The van der Waals surface area contributed by atoms with Gasteiger partial charge in [-0.25, -0.2) is 0 Å². The minimum absolute atomic E-state index is 0.236. The lowest BCUT2D eigenvalue weighted by Gasteiger charge is -2.06. The van der Waals surface area contributed by atoms with Gasteiger partial charge in [-0.15, -0.1) is 0 Å². The maximum atomic E-state index is 8.94. The van der Waals surface area contributed by atoms with Gasteiger partial charge in [0.05, 0.1) is 6.61 Å². The van der Waals surface area contributed by atoms with Crippen molar-refractivity contribution >= 4 is 10.9 Å². The summed E-state index contributed by atoms with van der Waals surface area (Å²) >= 11 is 0. The molecule has 1 aromatic carbocycles. The SMILES string of the molecule is CCCCCCOc1ccc2[nH]cc(CCCO)c2c1. The van der Waals surface area contributed by atoms with Crippen molar-refractivity contribution in [2.24, 2.45) is 0 Å². The van der Waals surface area contributed by atoms with Crippen LogP contribution in [0.5, 0.6) is 5.75 Å². The molecular weight excluding hydrogens is 250 g/mol. The Morgan fingerprint density at radius 1 is 1.15 bits per heavy atom. The van der Waals surface area contributed by atoms with Gasteiger partial charge in [0.25, 0.3) is 0 Å². The molecule has 0 saturated carbocycles. The minimum atomic E-state index is 0.236. The number of aromatic amines is 1. The molecule has 0 aliphatic carbocycles. The molecule has 20 heavy (non-hydrogen) atoms. The van der Waals surface area contributed by atoms with Gasteiger partial charge in [0.15, 0.2) is 0 Å². The molecule has 110 valence electrons. The Morgan fingerprint density at radius 2 is 2.05 bits per heavy atom. The van der Waals surface area contributed by atoms with E-state index in [2.05, 4.69) is 24.0 Å². The summed E-state index contributed by atoms with van der Waals surface area (Å²) in [6, 6.07) is 6.20. The number of ether oxygens (including phenoxy) is 1. The second-order valence-corrected chi connectivity index (χ2v) is 5.26. The number of aryl methyl sites for hydroxylation is 1. The van der Waals surface area contributed by atoms with Crippen molar-refractivity contribution in [1.82, 2.24) is 4.98 Å². The zero-order valence-electron chi connectivity index (χ0n) is 12.3. The number of aliphatic hydroxyl groups excluding tert-OH is 1. The maximum absolute atomic E-state index is 8.94. The van der Waals surface area contributed by atoms with Crippen LogP contribution in [0, 0.1) is 0 Å². The molecule has 0 saturated heterocycles. The Bertz CT molecular complexity index is 519. The standard InChI is InChI=1S/C17H25NO2/c1-2-3-4-5-11-20-15-8-9-17-16(12-15)14(13-18-17)7-6-10-19/h8-9,12-13,18-19H,2-7,10-11H2,1H3. The number of nitrogens with one attached hydrogen (secondary N) is 1. The molecule has 0 amide bonds. The predicted octanol–water partition coefficient (Wildman–Crippen LogP) is 4.05. The molecule has 2 rings (SSSR count). The molecular formula is C17H25NO2. The van der Waals surface area contributed by atoms with Crippen LogP contribution in [-0.2, 0) is 6.42 Å². The lowest BCUT2D eigenvalue weighted by atomic mass is 10.1. The van der Waals surface area contributed by atoms with E-state index in [9.17, 15) is 0 Å². The summed E-state index contributed by atoms with van der Waals surface area (Å²) in [6.07, 6.45) is 8.63. The number of benzene rings is 1. The topological polar surface area (TPSA) is 45.2 Å². The van der Waals surface area contributed by atoms with Crippen LogP contribution in [0.1, 0.15) is 44.6 Å². The molecule has 2 N–H and O–H groups in total. The van der Waals surface area contributed by atoms with E-state index in [-0.39, 0.29) is 6.61 Å². The molecule has 1 heterocycles. The lowest BCUT2D eigenvalue weighted by Crippen LogP contribution is -1.97. The van der Waals surface area contributed by atoms with Crippen molar-refractivity contribution in [3.63, 3.8) is 0 Å². The summed E-state index contributed by atoms with van der Waals surface area (Å²) in [5.41, 5.74) is 2.39. The number of rotatable bonds is 9. The normalized spacial score (nSPS) is 11.1. The van der Waals surface area contributed by atoms with Crippen molar-refractivity contribution in [2.75, 3.05) is 13.2 Å². The van der Waals surface area contributed by atoms with E-state index >= 15 is 0 Å². The van der Waals surface area contributed by atoms with Gasteiger partial charge in [-0.05, 0) is 43.0 Å². The van der Waals surface area contributed by atoms with Gasteiger partial charge < -0.3 is 14.8 Å². The van der Waals surface area contributed by atoms with Crippen LogP contribution in [0.25, 0.3) is 10.9 Å². The van der Waals surface area contributed by atoms with Crippen LogP contribution < -0.4 is 4.74 Å². The quantitative estimate of drug-likeness (QED) is 0.678. The third kappa shape index (κ3) is 4.01. The van der Waals surface area contributed by atoms with Gasteiger partial charge in [0.1, 0.15) is 5.75 Å². The molecule has 0 aliphatic heterocycles. The Labute approximate surface area is 121 Å². The first kappa shape index (κ1) is 14.9. The Morgan fingerprint density at radius 3 is 2.85 bits per heavy atom. The molecule has 0 atom stereocenters. The number of fused-ring (bicyclic) bond motifs is 1. The van der Waals surface area contributed by atoms with E-state index in [1.54, 1.807) is 0 Å². The fourth-order valence-corrected chi connectivity index (χ4v) is 2.44. The van der Waals surface area contributed by atoms with Crippen LogP contribution in [0.3, 0.4) is 0 Å². The predicted molar refractivity (Wildman–Crippen MR) is 83.3 cm³/mol. The number of hydrogen-bond acceptors (Lipinski definition) is 2. The first-order valence-corrected chi connectivity index (χ1v) is 7.69. The summed E-state index contributed by atoms with van der Waals surface area (Å²) < 4.78 is 5.83. The summed E-state index contributed by atoms with van der Waals surface area (Å²) in [6.45, 7) is 3.25. The first-order valence-electron chi connectivity index (χ1n) is 7.69. The van der Waals surface area contributed by atoms with Gasteiger partial charge in [-0.1, -0.05) is 26.2 Å². The molecule has 0 radical (unpaired) electrons. The van der Waals surface area contributed by atoms with Gasteiger partial charge >= 0.3 is 0 Å². The fraction of sp³-hybridized carbons (Fsp3) is 0.529. The Balaban J connectivity index is 1.96. The van der Waals surface area contributed by atoms with E-state index in [1.807, 2.05) is 12.3 Å². The second kappa shape index (κ2) is 7.95. The maximum Gasteiger partial charge on any atom is 0.120 e. The van der Waals surface area contributed by atoms with Crippen LogP contribution >= 0.6 is 0 Å². The monoisotopic (exact) mass is 275 g/mol. The molecule has 3 nitrogen and oxygen atoms in total. The Hall–Kier alpha value is -1.48. The van der Waals surface area contributed by atoms with Gasteiger partial charge in [-0.2, -0.15) is 0 Å². The van der Waals surface area contributed by atoms with Crippen molar-refractivity contribution in [3.8, 4) is 5.75 Å². The lowest BCUT2D eigenvalue weighted by molar-refractivity contribution is 0.289. The highest BCUT2D eigenvalue weighted by Crippen LogP contribution is 2.24. The Kier molecular flexibility index (Phi) is 5.93. The summed E-state index contributed by atoms with van der Waals surface area (Å²) in [5, 5.41) is 10.2. The highest BCUT2D eigenvalue weighted by Gasteiger charge is 2.05. The van der Waals surface area contributed by atoms with Crippen molar-refractivity contribution in [3.05, 3.63) is 30.0 Å². The number of hydrogen-bond donors (Lipinski definition) is 2. The number of unbranched alkanes of at least 4 members (excludes halogenated alkanes) is 3. The molecule has 1 aromatic heterocycles. The third-order valence-electron chi connectivity index (χ3n) is 3.61. The first-order chi connectivity index (χ1) is 9.85. The zero-order chi connectivity index (χ0) is 14.2. The summed E-state index contributed by atoms with van der Waals surface area (Å²) in [4.78, 5) is 3.27. The number of aliphatic hydroxyl groups is 1. The van der Waals surface area contributed by atoms with Crippen molar-refractivity contribution in [1.29, 1.82) is 0 Å². The summed E-state index contributed by atoms with van der Waals surface area (Å²) in [5.74, 6) is 0.943. The van der Waals surface area contributed by atoms with Crippen LogP contribution in [-0.4, -0.2) is 23.3 Å². The van der Waals surface area contributed by atoms with Gasteiger partial charge in [0, 0.05) is 23.7 Å². The second-order valence-electron chi connectivity index (χ2n) is 5.26. The highest BCUT2D eigenvalue weighted by atomic mass is 16.5. The summed E-state index contributed by atoms with van der Waals surface area (Å²) in [7, 11) is 0. The van der Waals surface area contributed by atoms with Crippen LogP contribution in [0.15, 0.2) is 24.4 Å².